The van der Waals surface area contributed by atoms with Gasteiger partial charge in [-0.3, -0.25) is 4.79 Å². The van der Waals surface area contributed by atoms with E-state index in [0.29, 0.717) is 24.5 Å². The number of aromatic amines is 1. The number of hydrogen-bond donors (Lipinski definition) is 2. The summed E-state index contributed by atoms with van der Waals surface area (Å²) in [6.07, 6.45) is 1.83. The molecule has 0 aliphatic rings. The maximum atomic E-state index is 12.6. The van der Waals surface area contributed by atoms with Gasteiger partial charge in [0.15, 0.2) is 0 Å². The van der Waals surface area contributed by atoms with E-state index in [0.717, 1.165) is 22.4 Å². The monoisotopic (exact) mass is 395 g/mol. The van der Waals surface area contributed by atoms with E-state index in [-0.39, 0.29) is 11.8 Å². The summed E-state index contributed by atoms with van der Waals surface area (Å²) in [7, 11) is 0. The van der Waals surface area contributed by atoms with Crippen molar-refractivity contribution in [3.63, 3.8) is 0 Å². The van der Waals surface area contributed by atoms with Crippen molar-refractivity contribution in [2.75, 3.05) is 0 Å². The Morgan fingerprint density at radius 2 is 2.00 bits per heavy atom. The molecule has 142 valence electrons. The summed E-state index contributed by atoms with van der Waals surface area (Å²) in [5.41, 5.74) is 2.83. The molecule has 0 spiro atoms. The van der Waals surface area contributed by atoms with Crippen LogP contribution in [0.1, 0.15) is 23.7 Å². The van der Waals surface area contributed by atoms with Crippen molar-refractivity contribution in [1.82, 2.24) is 35.5 Å². The molecule has 0 aliphatic carbocycles. The molecular weight excluding hydrogens is 378 g/mol. The van der Waals surface area contributed by atoms with Crippen LogP contribution in [0, 0.1) is 0 Å². The maximum Gasteiger partial charge on any atom is 0.221 e. The summed E-state index contributed by atoms with van der Waals surface area (Å²) >= 11 is 5.99. The molecule has 0 aliphatic heterocycles. The minimum absolute atomic E-state index is 0.0755. The van der Waals surface area contributed by atoms with Crippen molar-refractivity contribution in [1.29, 1.82) is 0 Å². The number of carbonyl (C=O) groups is 1. The highest BCUT2D eigenvalue weighted by molar-refractivity contribution is 6.30. The third-order valence-corrected chi connectivity index (χ3v) is 4.72. The number of fused-ring (bicyclic) bond motifs is 1. The van der Waals surface area contributed by atoms with E-state index >= 15 is 0 Å². The van der Waals surface area contributed by atoms with Gasteiger partial charge in [0.05, 0.1) is 24.1 Å². The van der Waals surface area contributed by atoms with E-state index in [1.54, 1.807) is 4.68 Å². The Labute approximate surface area is 165 Å². The van der Waals surface area contributed by atoms with Crippen molar-refractivity contribution in [2.45, 2.75) is 25.4 Å². The summed E-state index contributed by atoms with van der Waals surface area (Å²) in [6.45, 7) is 0.832. The standard InChI is InChI=1S/C19H18ClN7O/c20-15-7-5-13(6-8-15)14(11-27-12-22-25-26-27)9-19(28)21-10-18-23-16-3-1-2-4-17(16)24-18/h1-8,12,14H,9-11H2,(H,21,28)(H,23,24). The number of rotatable bonds is 7. The average Bonchev–Trinajstić information content (AvgIpc) is 3.35. The lowest BCUT2D eigenvalue weighted by Crippen LogP contribution is -2.26. The van der Waals surface area contributed by atoms with Crippen LogP contribution in [0.4, 0.5) is 0 Å². The van der Waals surface area contributed by atoms with Crippen LogP contribution in [-0.2, 0) is 17.9 Å². The van der Waals surface area contributed by atoms with Gasteiger partial charge in [0, 0.05) is 17.4 Å². The first-order valence-electron chi connectivity index (χ1n) is 8.84. The van der Waals surface area contributed by atoms with E-state index in [9.17, 15) is 4.79 Å². The van der Waals surface area contributed by atoms with Crippen LogP contribution in [0.15, 0.2) is 54.9 Å². The molecule has 2 aromatic heterocycles. The predicted octanol–water partition coefficient (Wildman–Crippen LogP) is 2.69. The van der Waals surface area contributed by atoms with E-state index < -0.39 is 0 Å². The van der Waals surface area contributed by atoms with Crippen LogP contribution in [0.5, 0.6) is 0 Å². The van der Waals surface area contributed by atoms with Crippen LogP contribution < -0.4 is 5.32 Å². The molecule has 0 bridgehead atoms. The van der Waals surface area contributed by atoms with Gasteiger partial charge in [-0.2, -0.15) is 0 Å². The minimum Gasteiger partial charge on any atom is -0.349 e. The third-order valence-electron chi connectivity index (χ3n) is 4.46. The maximum absolute atomic E-state index is 12.6. The fourth-order valence-corrected chi connectivity index (χ4v) is 3.21. The number of H-pyrrole nitrogens is 1. The minimum atomic E-state index is -0.0866. The Morgan fingerprint density at radius 3 is 2.75 bits per heavy atom. The zero-order chi connectivity index (χ0) is 19.3. The topological polar surface area (TPSA) is 101 Å². The fraction of sp³-hybridized carbons (Fsp3) is 0.211. The second kappa shape index (κ2) is 8.18. The number of hydrogen-bond acceptors (Lipinski definition) is 5. The lowest BCUT2D eigenvalue weighted by Gasteiger charge is -2.16. The zero-order valence-electron chi connectivity index (χ0n) is 14.9. The van der Waals surface area contributed by atoms with E-state index in [1.807, 2.05) is 48.5 Å². The number of carbonyl (C=O) groups excluding carboxylic acids is 1. The number of halogens is 1. The number of amides is 1. The molecule has 4 rings (SSSR count). The van der Waals surface area contributed by atoms with Crippen LogP contribution in [0.25, 0.3) is 11.0 Å². The highest BCUT2D eigenvalue weighted by Crippen LogP contribution is 2.23. The Balaban J connectivity index is 1.43. The van der Waals surface area contributed by atoms with Crippen molar-refractivity contribution in [3.05, 3.63) is 71.3 Å². The van der Waals surface area contributed by atoms with Gasteiger partial charge in [-0.15, -0.1) is 5.10 Å². The quantitative estimate of drug-likeness (QED) is 0.501. The Kier molecular flexibility index (Phi) is 5.29. The van der Waals surface area contributed by atoms with Gasteiger partial charge < -0.3 is 10.3 Å². The molecule has 4 aromatic rings. The molecule has 0 saturated carbocycles. The van der Waals surface area contributed by atoms with Crippen LogP contribution in [0.3, 0.4) is 0 Å². The van der Waals surface area contributed by atoms with Crippen molar-refractivity contribution >= 4 is 28.5 Å². The summed E-state index contributed by atoms with van der Waals surface area (Å²) in [6, 6.07) is 15.2. The van der Waals surface area contributed by atoms with Crippen molar-refractivity contribution < 1.29 is 4.79 Å². The number of aromatic nitrogens is 6. The SMILES string of the molecule is O=C(CC(Cn1cnnn1)c1ccc(Cl)cc1)NCc1nc2ccccc2[nH]1. The predicted molar refractivity (Wildman–Crippen MR) is 105 cm³/mol. The molecule has 28 heavy (non-hydrogen) atoms. The van der Waals surface area contributed by atoms with Gasteiger partial charge in [0.2, 0.25) is 5.91 Å². The van der Waals surface area contributed by atoms with Gasteiger partial charge in [0.25, 0.3) is 0 Å². The second-order valence-corrected chi connectivity index (χ2v) is 6.90. The summed E-state index contributed by atoms with van der Waals surface area (Å²) in [5, 5.41) is 14.8. The summed E-state index contributed by atoms with van der Waals surface area (Å²) < 4.78 is 1.62. The van der Waals surface area contributed by atoms with Gasteiger partial charge in [-0.1, -0.05) is 35.9 Å². The summed E-state index contributed by atoms with van der Waals surface area (Å²) in [4.78, 5) is 20.3. The molecule has 0 fully saturated rings. The molecule has 1 atom stereocenters. The zero-order valence-corrected chi connectivity index (χ0v) is 15.7. The number of nitrogens with one attached hydrogen (secondary N) is 2. The van der Waals surface area contributed by atoms with Crippen LogP contribution >= 0.6 is 11.6 Å². The largest absolute Gasteiger partial charge is 0.349 e. The fourth-order valence-electron chi connectivity index (χ4n) is 3.08. The molecule has 1 unspecified atom stereocenters. The molecule has 0 radical (unpaired) electrons. The Bertz CT molecular complexity index is 1030. The van der Waals surface area contributed by atoms with Crippen LogP contribution in [0.2, 0.25) is 5.02 Å². The first-order chi connectivity index (χ1) is 13.7. The highest BCUT2D eigenvalue weighted by Gasteiger charge is 2.18. The smallest absolute Gasteiger partial charge is 0.221 e. The normalized spacial score (nSPS) is 12.2. The molecule has 2 N–H and O–H groups in total. The number of nitrogens with zero attached hydrogens (tertiary/aromatic N) is 5. The van der Waals surface area contributed by atoms with E-state index in [2.05, 4.69) is 30.8 Å². The first kappa shape index (κ1) is 18.1. The van der Waals surface area contributed by atoms with Gasteiger partial charge >= 0.3 is 0 Å². The van der Waals surface area contributed by atoms with Gasteiger partial charge in [0.1, 0.15) is 12.2 Å². The Morgan fingerprint density at radius 1 is 1.18 bits per heavy atom. The van der Waals surface area contributed by atoms with Crippen molar-refractivity contribution in [2.24, 2.45) is 0 Å². The lowest BCUT2D eigenvalue weighted by atomic mass is 9.95. The number of para-hydroxylation sites is 2. The molecule has 2 aromatic carbocycles. The third kappa shape index (κ3) is 4.34. The molecule has 9 heteroatoms. The lowest BCUT2D eigenvalue weighted by molar-refractivity contribution is -0.121. The molecule has 8 nitrogen and oxygen atoms in total. The highest BCUT2D eigenvalue weighted by atomic mass is 35.5. The van der Waals surface area contributed by atoms with Gasteiger partial charge in [-0.05, 0) is 40.3 Å². The number of imidazole rings is 1. The molecule has 2 heterocycles. The van der Waals surface area contributed by atoms with Crippen LogP contribution in [-0.4, -0.2) is 36.1 Å². The van der Waals surface area contributed by atoms with Gasteiger partial charge in [-0.25, -0.2) is 9.67 Å². The summed E-state index contributed by atoms with van der Waals surface area (Å²) in [5.74, 6) is 0.558. The van der Waals surface area contributed by atoms with E-state index in [1.165, 1.54) is 6.33 Å². The average molecular weight is 396 g/mol. The molecule has 1 amide bonds. The molecular formula is C19H18ClN7O. The molecule has 0 saturated heterocycles. The Hall–Kier alpha value is -3.26. The second-order valence-electron chi connectivity index (χ2n) is 6.46. The van der Waals surface area contributed by atoms with E-state index in [4.69, 9.17) is 11.6 Å². The van der Waals surface area contributed by atoms with Crippen molar-refractivity contribution in [3.8, 4) is 0 Å². The first-order valence-corrected chi connectivity index (χ1v) is 9.22. The number of benzene rings is 2. The number of tetrazole rings is 1.